The van der Waals surface area contributed by atoms with E-state index in [1.54, 1.807) is 25.3 Å². The van der Waals surface area contributed by atoms with E-state index in [0.717, 1.165) is 10.0 Å². The predicted molar refractivity (Wildman–Crippen MR) is 104 cm³/mol. The van der Waals surface area contributed by atoms with Crippen molar-refractivity contribution in [2.24, 2.45) is 0 Å². The molecule has 1 aromatic heterocycles. The SMILES string of the molecule is COc1ccc(OC)c(C(=O)CSc2n[nH]c(-c3ccccc3Br)n2)c1. The molecule has 0 aliphatic heterocycles. The summed E-state index contributed by atoms with van der Waals surface area (Å²) in [6, 6.07) is 12.9. The molecule has 1 heterocycles. The number of ketones is 1. The molecular formula is C18H16BrN3O3S. The Balaban J connectivity index is 1.72. The fourth-order valence-corrected chi connectivity index (χ4v) is 3.48. The summed E-state index contributed by atoms with van der Waals surface area (Å²) in [5.41, 5.74) is 1.38. The Morgan fingerprint density at radius 3 is 2.73 bits per heavy atom. The Bertz CT molecular complexity index is 930. The monoisotopic (exact) mass is 433 g/mol. The summed E-state index contributed by atoms with van der Waals surface area (Å²) in [6.07, 6.45) is 0. The molecule has 0 bridgehead atoms. The number of H-pyrrole nitrogens is 1. The summed E-state index contributed by atoms with van der Waals surface area (Å²) < 4.78 is 11.4. The minimum atomic E-state index is -0.0852. The Morgan fingerprint density at radius 1 is 1.19 bits per heavy atom. The van der Waals surface area contributed by atoms with Gasteiger partial charge in [-0.15, -0.1) is 5.10 Å². The first-order valence-corrected chi connectivity index (χ1v) is 9.45. The average Bonchev–Trinajstić information content (AvgIpc) is 3.14. The summed E-state index contributed by atoms with van der Waals surface area (Å²) in [5, 5.41) is 7.58. The standard InChI is InChI=1S/C18H16BrN3O3S/c1-24-11-7-8-16(25-2)13(9-11)15(23)10-26-18-20-17(21-22-18)12-5-3-4-6-14(12)19/h3-9H,10H2,1-2H3,(H,20,21,22). The number of halogens is 1. The van der Waals surface area contributed by atoms with Crippen LogP contribution >= 0.6 is 27.7 Å². The van der Waals surface area contributed by atoms with Gasteiger partial charge in [0.25, 0.3) is 0 Å². The molecular weight excluding hydrogens is 418 g/mol. The lowest BCUT2D eigenvalue weighted by Gasteiger charge is -2.09. The van der Waals surface area contributed by atoms with Crippen molar-refractivity contribution in [3.8, 4) is 22.9 Å². The summed E-state index contributed by atoms with van der Waals surface area (Å²) in [5.74, 6) is 1.87. The van der Waals surface area contributed by atoms with Crippen LogP contribution in [0.1, 0.15) is 10.4 Å². The highest BCUT2D eigenvalue weighted by atomic mass is 79.9. The highest BCUT2D eigenvalue weighted by molar-refractivity contribution is 9.10. The number of hydrogen-bond donors (Lipinski definition) is 1. The highest BCUT2D eigenvalue weighted by Gasteiger charge is 2.16. The van der Waals surface area contributed by atoms with E-state index >= 15 is 0 Å². The van der Waals surface area contributed by atoms with E-state index in [2.05, 4.69) is 31.1 Å². The number of nitrogens with one attached hydrogen (secondary N) is 1. The molecule has 26 heavy (non-hydrogen) atoms. The van der Waals surface area contributed by atoms with Crippen molar-refractivity contribution in [1.29, 1.82) is 0 Å². The number of nitrogens with zero attached hydrogens (tertiary/aromatic N) is 2. The number of benzene rings is 2. The molecule has 8 heteroatoms. The number of Topliss-reactive ketones (excluding diaryl/α,β-unsaturated/α-hetero) is 1. The molecule has 2 aromatic carbocycles. The van der Waals surface area contributed by atoms with Gasteiger partial charge in [-0.3, -0.25) is 9.89 Å². The Hall–Kier alpha value is -2.32. The molecule has 0 fully saturated rings. The van der Waals surface area contributed by atoms with E-state index in [9.17, 15) is 4.79 Å². The van der Waals surface area contributed by atoms with Gasteiger partial charge in [0.05, 0.1) is 25.5 Å². The molecule has 0 saturated carbocycles. The zero-order chi connectivity index (χ0) is 18.5. The number of thioether (sulfide) groups is 1. The van der Waals surface area contributed by atoms with E-state index in [-0.39, 0.29) is 11.5 Å². The first kappa shape index (κ1) is 18.5. The average molecular weight is 434 g/mol. The van der Waals surface area contributed by atoms with E-state index in [1.165, 1.54) is 18.9 Å². The van der Waals surface area contributed by atoms with Crippen LogP contribution < -0.4 is 9.47 Å². The van der Waals surface area contributed by atoms with Crippen molar-refractivity contribution in [1.82, 2.24) is 15.2 Å². The third-order valence-electron chi connectivity index (χ3n) is 3.63. The van der Waals surface area contributed by atoms with Gasteiger partial charge in [0.2, 0.25) is 5.16 Å². The van der Waals surface area contributed by atoms with E-state index < -0.39 is 0 Å². The van der Waals surface area contributed by atoms with E-state index in [4.69, 9.17) is 9.47 Å². The highest BCUT2D eigenvalue weighted by Crippen LogP contribution is 2.28. The van der Waals surface area contributed by atoms with E-state index in [1.807, 2.05) is 24.3 Å². The molecule has 1 N–H and O–H groups in total. The van der Waals surface area contributed by atoms with Gasteiger partial charge in [-0.2, -0.15) is 0 Å². The van der Waals surface area contributed by atoms with Gasteiger partial charge in [-0.1, -0.05) is 45.9 Å². The Labute approximate surface area is 163 Å². The van der Waals surface area contributed by atoms with Gasteiger partial charge in [0.15, 0.2) is 11.6 Å². The van der Waals surface area contributed by atoms with Crippen molar-refractivity contribution in [3.63, 3.8) is 0 Å². The van der Waals surface area contributed by atoms with Crippen molar-refractivity contribution >= 4 is 33.5 Å². The summed E-state index contributed by atoms with van der Waals surface area (Å²) in [7, 11) is 3.09. The third-order valence-corrected chi connectivity index (χ3v) is 5.17. The Kier molecular flexibility index (Phi) is 5.95. The fraction of sp³-hybridized carbons (Fsp3) is 0.167. The van der Waals surface area contributed by atoms with Crippen LogP contribution in [0.2, 0.25) is 0 Å². The first-order chi connectivity index (χ1) is 12.6. The normalized spacial score (nSPS) is 10.6. The molecule has 0 unspecified atom stereocenters. The number of aromatic nitrogens is 3. The second-order valence-electron chi connectivity index (χ2n) is 5.22. The number of carbonyl (C=O) groups is 1. The van der Waals surface area contributed by atoms with Crippen LogP contribution in [0.25, 0.3) is 11.4 Å². The summed E-state index contributed by atoms with van der Waals surface area (Å²) in [6.45, 7) is 0. The molecule has 0 aliphatic carbocycles. The van der Waals surface area contributed by atoms with Gasteiger partial charge in [0, 0.05) is 10.0 Å². The minimum Gasteiger partial charge on any atom is -0.497 e. The van der Waals surface area contributed by atoms with Crippen LogP contribution in [-0.4, -0.2) is 40.9 Å². The molecule has 6 nitrogen and oxygen atoms in total. The summed E-state index contributed by atoms with van der Waals surface area (Å²) >= 11 is 4.75. The number of aromatic amines is 1. The largest absolute Gasteiger partial charge is 0.497 e. The molecule has 134 valence electrons. The summed E-state index contributed by atoms with van der Waals surface area (Å²) in [4.78, 5) is 17.0. The van der Waals surface area contributed by atoms with Crippen LogP contribution in [0.15, 0.2) is 52.1 Å². The number of hydrogen-bond acceptors (Lipinski definition) is 6. The second-order valence-corrected chi connectivity index (χ2v) is 7.02. The first-order valence-electron chi connectivity index (χ1n) is 7.67. The zero-order valence-corrected chi connectivity index (χ0v) is 16.6. The lowest BCUT2D eigenvalue weighted by Crippen LogP contribution is -2.05. The van der Waals surface area contributed by atoms with Crippen LogP contribution in [0.4, 0.5) is 0 Å². The van der Waals surface area contributed by atoms with Crippen molar-refractivity contribution in [2.45, 2.75) is 5.16 Å². The zero-order valence-electron chi connectivity index (χ0n) is 14.2. The quantitative estimate of drug-likeness (QED) is 0.443. The lowest BCUT2D eigenvalue weighted by molar-refractivity contribution is 0.101. The van der Waals surface area contributed by atoms with Crippen molar-refractivity contribution < 1.29 is 14.3 Å². The maximum Gasteiger partial charge on any atom is 0.209 e. The topological polar surface area (TPSA) is 77.1 Å². The smallest absolute Gasteiger partial charge is 0.209 e. The van der Waals surface area contributed by atoms with Gasteiger partial charge < -0.3 is 9.47 Å². The number of methoxy groups -OCH3 is 2. The molecule has 3 rings (SSSR count). The fourth-order valence-electron chi connectivity index (χ4n) is 2.32. The van der Waals surface area contributed by atoms with Gasteiger partial charge in [0.1, 0.15) is 11.5 Å². The van der Waals surface area contributed by atoms with Crippen LogP contribution in [-0.2, 0) is 0 Å². The third kappa shape index (κ3) is 4.08. The number of rotatable bonds is 7. The molecule has 0 amide bonds. The van der Waals surface area contributed by atoms with E-state index in [0.29, 0.717) is 28.0 Å². The Morgan fingerprint density at radius 2 is 2.00 bits per heavy atom. The van der Waals surface area contributed by atoms with Gasteiger partial charge >= 0.3 is 0 Å². The molecule has 0 spiro atoms. The number of carbonyl (C=O) groups excluding carboxylic acids is 1. The van der Waals surface area contributed by atoms with Crippen molar-refractivity contribution in [3.05, 3.63) is 52.5 Å². The molecule has 0 aliphatic rings. The molecule has 0 atom stereocenters. The second kappa shape index (κ2) is 8.37. The van der Waals surface area contributed by atoms with Crippen LogP contribution in [0.3, 0.4) is 0 Å². The lowest BCUT2D eigenvalue weighted by atomic mass is 10.1. The van der Waals surface area contributed by atoms with Gasteiger partial charge in [-0.05, 0) is 24.3 Å². The van der Waals surface area contributed by atoms with Crippen LogP contribution in [0, 0.1) is 0 Å². The van der Waals surface area contributed by atoms with Crippen LogP contribution in [0.5, 0.6) is 11.5 Å². The number of ether oxygens (including phenoxy) is 2. The molecule has 3 aromatic rings. The maximum absolute atomic E-state index is 12.6. The minimum absolute atomic E-state index is 0.0852. The van der Waals surface area contributed by atoms with Crippen molar-refractivity contribution in [2.75, 3.05) is 20.0 Å². The maximum atomic E-state index is 12.6. The predicted octanol–water partition coefficient (Wildman–Crippen LogP) is 4.23. The van der Waals surface area contributed by atoms with Gasteiger partial charge in [-0.25, -0.2) is 4.98 Å². The molecule has 0 radical (unpaired) electrons. The molecule has 0 saturated heterocycles.